The van der Waals surface area contributed by atoms with Crippen molar-refractivity contribution in [2.45, 2.75) is 45.2 Å². The molecular weight excluding hydrogens is 306 g/mol. The van der Waals surface area contributed by atoms with Crippen molar-refractivity contribution >= 4 is 21.9 Å². The SMILES string of the molecule is Cc1cc(CN2CCCCC2CC(=O)O)ccc1Br. The summed E-state index contributed by atoms with van der Waals surface area (Å²) < 4.78 is 1.12. The van der Waals surface area contributed by atoms with Gasteiger partial charge in [-0.2, -0.15) is 0 Å². The fraction of sp³-hybridized carbons (Fsp3) is 0.533. The molecule has 1 N–H and O–H groups in total. The van der Waals surface area contributed by atoms with Crippen molar-refractivity contribution in [3.63, 3.8) is 0 Å². The Kier molecular flexibility index (Phi) is 4.99. The van der Waals surface area contributed by atoms with Gasteiger partial charge in [-0.25, -0.2) is 0 Å². The molecule has 1 atom stereocenters. The molecule has 1 saturated heterocycles. The van der Waals surface area contributed by atoms with E-state index in [1.165, 1.54) is 17.5 Å². The molecule has 1 unspecified atom stereocenters. The van der Waals surface area contributed by atoms with E-state index in [4.69, 9.17) is 5.11 Å². The number of aryl methyl sites for hydroxylation is 1. The minimum absolute atomic E-state index is 0.190. The summed E-state index contributed by atoms with van der Waals surface area (Å²) >= 11 is 3.51. The average molecular weight is 326 g/mol. The van der Waals surface area contributed by atoms with Crippen molar-refractivity contribution in [1.82, 2.24) is 4.90 Å². The second kappa shape index (κ2) is 6.53. The van der Waals surface area contributed by atoms with Crippen LogP contribution in [0.3, 0.4) is 0 Å². The van der Waals surface area contributed by atoms with Gasteiger partial charge in [-0.05, 0) is 43.5 Å². The summed E-state index contributed by atoms with van der Waals surface area (Å²) in [5, 5.41) is 9.00. The molecule has 2 rings (SSSR count). The van der Waals surface area contributed by atoms with E-state index in [1.54, 1.807) is 0 Å². The first-order valence-corrected chi connectivity index (χ1v) is 7.56. The van der Waals surface area contributed by atoms with Gasteiger partial charge in [0.15, 0.2) is 0 Å². The number of hydrogen-bond acceptors (Lipinski definition) is 2. The topological polar surface area (TPSA) is 40.5 Å². The first kappa shape index (κ1) is 14.5. The van der Waals surface area contributed by atoms with Crippen LogP contribution in [0.2, 0.25) is 0 Å². The van der Waals surface area contributed by atoms with Gasteiger partial charge in [-0.1, -0.05) is 34.5 Å². The lowest BCUT2D eigenvalue weighted by molar-refractivity contribution is -0.138. The molecule has 1 aromatic rings. The Hall–Kier alpha value is -0.870. The molecule has 0 saturated carbocycles. The summed E-state index contributed by atoms with van der Waals surface area (Å²) in [6.45, 7) is 3.94. The standard InChI is InChI=1S/C15H20BrNO2/c1-11-8-12(5-6-14(11)16)10-17-7-3-2-4-13(17)9-15(18)19/h5-6,8,13H,2-4,7,9-10H2,1H3,(H,18,19). The van der Waals surface area contributed by atoms with E-state index in [1.807, 2.05) is 0 Å². The Labute approximate surface area is 122 Å². The van der Waals surface area contributed by atoms with Crippen molar-refractivity contribution in [3.8, 4) is 0 Å². The number of rotatable bonds is 4. The van der Waals surface area contributed by atoms with Gasteiger partial charge in [-0.3, -0.25) is 9.69 Å². The minimum Gasteiger partial charge on any atom is -0.481 e. The molecule has 0 amide bonds. The highest BCUT2D eigenvalue weighted by molar-refractivity contribution is 9.10. The average Bonchev–Trinajstić information content (AvgIpc) is 2.36. The van der Waals surface area contributed by atoms with E-state index in [0.29, 0.717) is 0 Å². The van der Waals surface area contributed by atoms with E-state index >= 15 is 0 Å². The molecule has 0 spiro atoms. The molecule has 0 radical (unpaired) electrons. The number of aliphatic carboxylic acids is 1. The molecule has 1 fully saturated rings. The van der Waals surface area contributed by atoms with Crippen LogP contribution >= 0.6 is 15.9 Å². The molecule has 19 heavy (non-hydrogen) atoms. The normalized spacial score (nSPS) is 20.4. The maximum Gasteiger partial charge on any atom is 0.304 e. The van der Waals surface area contributed by atoms with Crippen LogP contribution in [0.5, 0.6) is 0 Å². The molecule has 4 heteroatoms. The second-order valence-corrected chi connectivity index (χ2v) is 6.16. The van der Waals surface area contributed by atoms with Crippen molar-refractivity contribution in [3.05, 3.63) is 33.8 Å². The number of nitrogens with zero attached hydrogens (tertiary/aromatic N) is 1. The number of carbonyl (C=O) groups is 1. The van der Waals surface area contributed by atoms with Crippen molar-refractivity contribution in [1.29, 1.82) is 0 Å². The minimum atomic E-state index is -0.691. The van der Waals surface area contributed by atoms with Gasteiger partial charge in [0.1, 0.15) is 0 Å². The third-order valence-corrected chi connectivity index (χ3v) is 4.66. The van der Waals surface area contributed by atoms with Crippen LogP contribution in [-0.4, -0.2) is 28.6 Å². The zero-order chi connectivity index (χ0) is 13.8. The third kappa shape index (κ3) is 4.05. The first-order valence-electron chi connectivity index (χ1n) is 6.77. The van der Waals surface area contributed by atoms with Gasteiger partial charge >= 0.3 is 5.97 Å². The fourth-order valence-electron chi connectivity index (χ4n) is 2.74. The number of benzene rings is 1. The summed E-state index contributed by atoms with van der Waals surface area (Å²) in [4.78, 5) is 13.3. The second-order valence-electron chi connectivity index (χ2n) is 5.30. The highest BCUT2D eigenvalue weighted by atomic mass is 79.9. The lowest BCUT2D eigenvalue weighted by Crippen LogP contribution is -2.40. The molecular formula is C15H20BrNO2. The Morgan fingerprint density at radius 3 is 2.95 bits per heavy atom. The number of hydrogen-bond donors (Lipinski definition) is 1. The number of carboxylic acid groups (broad SMARTS) is 1. The van der Waals surface area contributed by atoms with Crippen LogP contribution < -0.4 is 0 Å². The van der Waals surface area contributed by atoms with Crippen molar-refractivity contribution < 1.29 is 9.90 Å². The van der Waals surface area contributed by atoms with Gasteiger partial charge in [0, 0.05) is 17.1 Å². The zero-order valence-electron chi connectivity index (χ0n) is 11.2. The van der Waals surface area contributed by atoms with Gasteiger partial charge < -0.3 is 5.11 Å². The molecule has 1 aromatic carbocycles. The highest BCUT2D eigenvalue weighted by Crippen LogP contribution is 2.24. The Morgan fingerprint density at radius 2 is 2.26 bits per heavy atom. The Balaban J connectivity index is 2.06. The number of carboxylic acids is 1. The molecule has 1 aliphatic heterocycles. The molecule has 3 nitrogen and oxygen atoms in total. The maximum atomic E-state index is 10.9. The first-order chi connectivity index (χ1) is 9.06. The quantitative estimate of drug-likeness (QED) is 0.919. The van der Waals surface area contributed by atoms with Crippen molar-refractivity contribution in [2.75, 3.05) is 6.54 Å². The highest BCUT2D eigenvalue weighted by Gasteiger charge is 2.24. The Morgan fingerprint density at radius 1 is 1.47 bits per heavy atom. The number of halogens is 1. The smallest absolute Gasteiger partial charge is 0.304 e. The van der Waals surface area contributed by atoms with Crippen LogP contribution in [0, 0.1) is 6.92 Å². The molecule has 104 valence electrons. The van der Waals surface area contributed by atoms with Gasteiger partial charge in [0.2, 0.25) is 0 Å². The fourth-order valence-corrected chi connectivity index (χ4v) is 2.99. The molecule has 1 aliphatic rings. The predicted octanol–water partition coefficient (Wildman–Crippen LogP) is 3.59. The summed E-state index contributed by atoms with van der Waals surface area (Å²) in [5.74, 6) is -0.691. The van der Waals surface area contributed by atoms with Crippen LogP contribution in [0.1, 0.15) is 36.8 Å². The summed E-state index contributed by atoms with van der Waals surface area (Å²) in [6.07, 6.45) is 3.58. The van der Waals surface area contributed by atoms with Gasteiger partial charge in [0.05, 0.1) is 6.42 Å². The summed E-state index contributed by atoms with van der Waals surface area (Å²) in [7, 11) is 0. The van der Waals surface area contributed by atoms with Crippen LogP contribution in [0.25, 0.3) is 0 Å². The van der Waals surface area contributed by atoms with Crippen molar-refractivity contribution in [2.24, 2.45) is 0 Å². The van der Waals surface area contributed by atoms with E-state index < -0.39 is 5.97 Å². The number of piperidine rings is 1. The van der Waals surface area contributed by atoms with Crippen LogP contribution in [0.4, 0.5) is 0 Å². The van der Waals surface area contributed by atoms with E-state index in [9.17, 15) is 4.79 Å². The van der Waals surface area contributed by atoms with Gasteiger partial charge in [0.25, 0.3) is 0 Å². The predicted molar refractivity (Wildman–Crippen MR) is 79.2 cm³/mol. The summed E-state index contributed by atoms with van der Waals surface area (Å²) in [6, 6.07) is 6.55. The van der Waals surface area contributed by atoms with Gasteiger partial charge in [-0.15, -0.1) is 0 Å². The largest absolute Gasteiger partial charge is 0.481 e. The third-order valence-electron chi connectivity index (χ3n) is 3.77. The van der Waals surface area contributed by atoms with E-state index in [-0.39, 0.29) is 12.5 Å². The lowest BCUT2D eigenvalue weighted by Gasteiger charge is -2.35. The van der Waals surface area contributed by atoms with E-state index in [2.05, 4.69) is 46.0 Å². The molecule has 0 bridgehead atoms. The molecule has 0 aromatic heterocycles. The molecule has 0 aliphatic carbocycles. The van der Waals surface area contributed by atoms with Crippen LogP contribution in [-0.2, 0) is 11.3 Å². The van der Waals surface area contributed by atoms with Crippen LogP contribution in [0.15, 0.2) is 22.7 Å². The Bertz CT molecular complexity index is 461. The number of likely N-dealkylation sites (tertiary alicyclic amines) is 1. The summed E-state index contributed by atoms with van der Waals surface area (Å²) in [5.41, 5.74) is 2.49. The lowest BCUT2D eigenvalue weighted by atomic mass is 9.98. The maximum absolute atomic E-state index is 10.9. The zero-order valence-corrected chi connectivity index (χ0v) is 12.8. The molecule has 1 heterocycles. The van der Waals surface area contributed by atoms with E-state index in [0.717, 1.165) is 30.4 Å². The monoisotopic (exact) mass is 325 g/mol.